The van der Waals surface area contributed by atoms with Gasteiger partial charge in [-0.2, -0.15) is 0 Å². The quantitative estimate of drug-likeness (QED) is 0.160. The van der Waals surface area contributed by atoms with Crippen LogP contribution < -0.4 is 4.90 Å². The highest BCUT2D eigenvalue weighted by atomic mass is 15.2. The van der Waals surface area contributed by atoms with Gasteiger partial charge in [-0.05, 0) is 92.0 Å². The van der Waals surface area contributed by atoms with Crippen molar-refractivity contribution >= 4 is 54.7 Å². The van der Waals surface area contributed by atoms with E-state index in [0.29, 0.717) is 0 Å². The molecule has 1 aliphatic carbocycles. The van der Waals surface area contributed by atoms with Gasteiger partial charge >= 0.3 is 0 Å². The van der Waals surface area contributed by atoms with E-state index in [4.69, 9.17) is 0 Å². The van der Waals surface area contributed by atoms with Gasteiger partial charge in [0.2, 0.25) is 0 Å². The van der Waals surface area contributed by atoms with Crippen LogP contribution in [0.2, 0.25) is 0 Å². The molecule has 0 N–H and O–H groups in total. The SMILES string of the molecule is C1=CC(c2ccc3c4c(-c5ccccc5)cccc4n(-c4ccc(-c5ccccc5)cc4)c3c2)C2C(=C1)N(c1cc3ccccc3c3ccccc13)c1ccccc12. The van der Waals surface area contributed by atoms with E-state index >= 15 is 0 Å². The molecule has 2 atom stereocenters. The van der Waals surface area contributed by atoms with Crippen LogP contribution in [-0.4, -0.2) is 4.57 Å². The monoisotopic (exact) mass is 738 g/mol. The molecule has 12 rings (SSSR count). The Kier molecular flexibility index (Phi) is 7.39. The second-order valence-corrected chi connectivity index (χ2v) is 15.6. The molecule has 0 bridgehead atoms. The number of aromatic nitrogens is 1. The minimum atomic E-state index is 0.141. The highest BCUT2D eigenvalue weighted by molar-refractivity contribution is 6.16. The lowest BCUT2D eigenvalue weighted by molar-refractivity contribution is 0.708. The number of hydrogen-bond donors (Lipinski definition) is 0. The first-order valence-corrected chi connectivity index (χ1v) is 20.3. The second kappa shape index (κ2) is 13.1. The van der Waals surface area contributed by atoms with Crippen molar-refractivity contribution in [1.82, 2.24) is 4.57 Å². The number of anilines is 2. The fourth-order valence-corrected chi connectivity index (χ4v) is 9.99. The minimum Gasteiger partial charge on any atom is -0.313 e. The third kappa shape index (κ3) is 4.98. The van der Waals surface area contributed by atoms with E-state index in [-0.39, 0.29) is 11.8 Å². The lowest BCUT2D eigenvalue weighted by Crippen LogP contribution is -2.19. The maximum Gasteiger partial charge on any atom is 0.0547 e. The average molecular weight is 739 g/mol. The van der Waals surface area contributed by atoms with E-state index in [2.05, 4.69) is 228 Å². The third-order valence-electron chi connectivity index (χ3n) is 12.5. The van der Waals surface area contributed by atoms with Crippen molar-refractivity contribution in [1.29, 1.82) is 0 Å². The van der Waals surface area contributed by atoms with Crippen molar-refractivity contribution in [2.75, 3.05) is 4.90 Å². The molecule has 2 heteroatoms. The molecule has 0 fully saturated rings. The zero-order valence-electron chi connectivity index (χ0n) is 31.8. The highest BCUT2D eigenvalue weighted by Crippen LogP contribution is 2.56. The Hall–Kier alpha value is -7.42. The van der Waals surface area contributed by atoms with Gasteiger partial charge in [-0.15, -0.1) is 0 Å². The van der Waals surface area contributed by atoms with Gasteiger partial charge in [0, 0.05) is 45.1 Å². The zero-order chi connectivity index (χ0) is 38.2. The number of benzene rings is 9. The van der Waals surface area contributed by atoms with Crippen LogP contribution in [0, 0.1) is 0 Å². The molecule has 0 saturated heterocycles. The number of fused-ring (bicyclic) bond motifs is 9. The van der Waals surface area contributed by atoms with Crippen molar-refractivity contribution in [2.24, 2.45) is 0 Å². The maximum absolute atomic E-state index is 2.54. The third-order valence-corrected chi connectivity index (χ3v) is 12.5. The molecule has 2 unspecified atom stereocenters. The molecule has 0 spiro atoms. The molecule has 9 aromatic carbocycles. The van der Waals surface area contributed by atoms with Gasteiger partial charge in [0.1, 0.15) is 0 Å². The Labute approximate surface area is 337 Å². The summed E-state index contributed by atoms with van der Waals surface area (Å²) < 4.78 is 2.48. The Bertz CT molecular complexity index is 3280. The topological polar surface area (TPSA) is 8.17 Å². The molecule has 58 heavy (non-hydrogen) atoms. The van der Waals surface area contributed by atoms with Gasteiger partial charge in [0.15, 0.2) is 0 Å². The smallest absolute Gasteiger partial charge is 0.0547 e. The maximum atomic E-state index is 2.54. The van der Waals surface area contributed by atoms with Crippen molar-refractivity contribution in [3.63, 3.8) is 0 Å². The van der Waals surface area contributed by atoms with Crippen LogP contribution in [0.15, 0.2) is 224 Å². The number of hydrogen-bond acceptors (Lipinski definition) is 1. The predicted molar refractivity (Wildman–Crippen MR) is 244 cm³/mol. The van der Waals surface area contributed by atoms with Crippen LogP contribution in [0.25, 0.3) is 71.3 Å². The summed E-state index contributed by atoms with van der Waals surface area (Å²) >= 11 is 0. The lowest BCUT2D eigenvalue weighted by Gasteiger charge is -2.30. The Morgan fingerprint density at radius 3 is 1.95 bits per heavy atom. The molecule has 10 aromatic rings. The largest absolute Gasteiger partial charge is 0.313 e. The summed E-state index contributed by atoms with van der Waals surface area (Å²) in [5.74, 6) is 0.300. The van der Waals surface area contributed by atoms with Gasteiger partial charge in [-0.25, -0.2) is 0 Å². The van der Waals surface area contributed by atoms with Crippen molar-refractivity contribution in [2.45, 2.75) is 11.8 Å². The molecule has 1 aromatic heterocycles. The van der Waals surface area contributed by atoms with Crippen molar-refractivity contribution in [3.05, 3.63) is 235 Å². The summed E-state index contributed by atoms with van der Waals surface area (Å²) in [5.41, 5.74) is 15.0. The minimum absolute atomic E-state index is 0.141. The molecular formula is C56H38N2. The van der Waals surface area contributed by atoms with Crippen molar-refractivity contribution < 1.29 is 0 Å². The first-order valence-electron chi connectivity index (χ1n) is 20.3. The van der Waals surface area contributed by atoms with Crippen LogP contribution in [0.3, 0.4) is 0 Å². The summed E-state index contributed by atoms with van der Waals surface area (Å²) in [5, 5.41) is 7.63. The number of allylic oxidation sites excluding steroid dienone is 4. The number of para-hydroxylation sites is 1. The van der Waals surface area contributed by atoms with Crippen LogP contribution >= 0.6 is 0 Å². The van der Waals surface area contributed by atoms with E-state index in [1.54, 1.807) is 0 Å². The van der Waals surface area contributed by atoms with Gasteiger partial charge in [-0.3, -0.25) is 0 Å². The summed E-state index contributed by atoms with van der Waals surface area (Å²) in [7, 11) is 0. The normalized spacial score (nSPS) is 15.9. The van der Waals surface area contributed by atoms with E-state index in [1.165, 1.54) is 93.8 Å². The first kappa shape index (κ1) is 32.8. The van der Waals surface area contributed by atoms with Crippen LogP contribution in [0.4, 0.5) is 11.4 Å². The Morgan fingerprint density at radius 2 is 1.12 bits per heavy atom. The summed E-state index contributed by atoms with van der Waals surface area (Å²) in [4.78, 5) is 2.54. The van der Waals surface area contributed by atoms with E-state index in [0.717, 1.165) is 5.69 Å². The summed E-state index contributed by atoms with van der Waals surface area (Å²) in [6, 6.07) is 73.7. The summed E-state index contributed by atoms with van der Waals surface area (Å²) in [6.45, 7) is 0. The highest BCUT2D eigenvalue weighted by Gasteiger charge is 2.41. The number of rotatable bonds is 5. The van der Waals surface area contributed by atoms with E-state index in [1.807, 2.05) is 0 Å². The molecular weight excluding hydrogens is 701 g/mol. The Balaban J connectivity index is 1.04. The fraction of sp³-hybridized carbons (Fsp3) is 0.0357. The predicted octanol–water partition coefficient (Wildman–Crippen LogP) is 14.9. The molecule has 0 saturated carbocycles. The van der Waals surface area contributed by atoms with Gasteiger partial charge < -0.3 is 9.47 Å². The lowest BCUT2D eigenvalue weighted by atomic mass is 9.78. The molecule has 2 nitrogen and oxygen atoms in total. The molecule has 2 heterocycles. The summed E-state index contributed by atoms with van der Waals surface area (Å²) in [6.07, 6.45) is 7.06. The molecule has 1 aliphatic heterocycles. The molecule has 2 aliphatic rings. The fourth-order valence-electron chi connectivity index (χ4n) is 9.99. The van der Waals surface area contributed by atoms with Gasteiger partial charge in [0.05, 0.1) is 16.7 Å². The molecule has 0 amide bonds. The van der Waals surface area contributed by atoms with Crippen LogP contribution in [-0.2, 0) is 0 Å². The van der Waals surface area contributed by atoms with Crippen LogP contribution in [0.5, 0.6) is 0 Å². The molecule has 272 valence electrons. The number of nitrogens with zero attached hydrogens (tertiary/aromatic N) is 2. The van der Waals surface area contributed by atoms with Crippen molar-refractivity contribution in [3.8, 4) is 27.9 Å². The van der Waals surface area contributed by atoms with E-state index in [9.17, 15) is 0 Å². The average Bonchev–Trinajstić information content (AvgIpc) is 3.82. The zero-order valence-corrected chi connectivity index (χ0v) is 31.8. The Morgan fingerprint density at radius 1 is 0.431 bits per heavy atom. The van der Waals surface area contributed by atoms with Gasteiger partial charge in [0.25, 0.3) is 0 Å². The second-order valence-electron chi connectivity index (χ2n) is 15.6. The van der Waals surface area contributed by atoms with Crippen LogP contribution in [0.1, 0.15) is 23.0 Å². The van der Waals surface area contributed by atoms with Gasteiger partial charge in [-0.1, -0.05) is 176 Å². The first-order chi connectivity index (χ1) is 28.8. The van der Waals surface area contributed by atoms with E-state index < -0.39 is 0 Å². The molecule has 0 radical (unpaired) electrons. The standard InChI is InChI=1S/C56H38N2/c1-3-15-37(16-4-1)38-29-32-42(33-30-38)57-51-27-13-24-44(39-17-5-2-6-18-39)55(51)49-34-31-41(36-54(49)57)45-25-14-28-52-56(45)48-23-11-12-26-50(48)58(52)53-35-40-19-7-8-20-43(40)46-21-9-10-22-47(46)53/h1-36,45,56H.